The Balaban J connectivity index is 1.51. The highest BCUT2D eigenvalue weighted by molar-refractivity contribution is 9.10. The van der Waals surface area contributed by atoms with Crippen molar-refractivity contribution in [3.05, 3.63) is 43.8 Å². The van der Waals surface area contributed by atoms with Crippen molar-refractivity contribution in [1.29, 1.82) is 0 Å². The van der Waals surface area contributed by atoms with Crippen LogP contribution >= 0.6 is 27.3 Å². The van der Waals surface area contributed by atoms with Crippen molar-refractivity contribution in [2.24, 2.45) is 11.8 Å². The summed E-state index contributed by atoms with van der Waals surface area (Å²) in [7, 11) is 0. The first-order chi connectivity index (χ1) is 17.8. The lowest BCUT2D eigenvalue weighted by molar-refractivity contribution is -0.154. The number of thiazole rings is 1. The Morgan fingerprint density at radius 1 is 1.16 bits per heavy atom. The van der Waals surface area contributed by atoms with E-state index in [1.165, 1.54) is 0 Å². The van der Waals surface area contributed by atoms with E-state index < -0.39 is 23.8 Å². The number of hydrogen-bond donors (Lipinski definition) is 1. The van der Waals surface area contributed by atoms with E-state index in [0.29, 0.717) is 57.7 Å². The first kappa shape index (κ1) is 26.2. The number of aromatic nitrogens is 1. The first-order valence-corrected chi connectivity index (χ1v) is 14.6. The van der Waals surface area contributed by atoms with E-state index in [-0.39, 0.29) is 11.8 Å². The van der Waals surface area contributed by atoms with Gasteiger partial charge in [0.1, 0.15) is 17.4 Å². The van der Waals surface area contributed by atoms with Crippen LogP contribution < -0.4 is 4.74 Å². The summed E-state index contributed by atoms with van der Waals surface area (Å²) >= 11 is 5.29. The van der Waals surface area contributed by atoms with Gasteiger partial charge in [0.2, 0.25) is 11.8 Å². The minimum Gasteiger partial charge on any atom is -0.486 e. The van der Waals surface area contributed by atoms with Crippen LogP contribution in [-0.4, -0.2) is 57.3 Å². The van der Waals surface area contributed by atoms with Gasteiger partial charge in [0.25, 0.3) is 0 Å². The van der Waals surface area contributed by atoms with Crippen LogP contribution in [-0.2, 0) is 27.4 Å². The Hall–Kier alpha value is -2.46. The molecule has 2 aromatic rings. The van der Waals surface area contributed by atoms with Crippen molar-refractivity contribution in [3.8, 4) is 5.75 Å². The van der Waals surface area contributed by atoms with Crippen LogP contribution in [0, 0.1) is 18.8 Å². The summed E-state index contributed by atoms with van der Waals surface area (Å²) in [5.74, 6) is -1.44. The molecule has 1 aromatic carbocycles. The standard InChI is InChI=1S/C27H32BrN3O5S/c1-16-13-29-23(37-16)15-36-22-9-8-20(28)19-10-12-31(21(25(19)22)14-30-11-4-7-24(30)32)26(33)17-5-2-3-6-18(17)27(34)35/h8-9,13,17-18,21H,2-7,10-12,14-15H2,1H3,(H,34,35)/t17?,18?,21-/m1/s1. The quantitative estimate of drug-likeness (QED) is 0.501. The predicted molar refractivity (Wildman–Crippen MR) is 142 cm³/mol. The van der Waals surface area contributed by atoms with Crippen molar-refractivity contribution < 1.29 is 24.2 Å². The van der Waals surface area contributed by atoms with Gasteiger partial charge in [-0.1, -0.05) is 28.8 Å². The highest BCUT2D eigenvalue weighted by atomic mass is 79.9. The number of nitrogens with zero attached hydrogens (tertiary/aromatic N) is 3. The zero-order chi connectivity index (χ0) is 26.1. The molecule has 1 N–H and O–H groups in total. The summed E-state index contributed by atoms with van der Waals surface area (Å²) in [6.45, 7) is 3.85. The van der Waals surface area contributed by atoms with Crippen LogP contribution in [0.5, 0.6) is 5.75 Å². The molecule has 3 aliphatic rings. The number of rotatable bonds is 7. The number of halogens is 1. The number of fused-ring (bicyclic) bond motifs is 1. The van der Waals surface area contributed by atoms with Gasteiger partial charge in [-0.2, -0.15) is 0 Å². The van der Waals surface area contributed by atoms with Crippen LogP contribution in [0.15, 0.2) is 22.8 Å². The van der Waals surface area contributed by atoms with Gasteiger partial charge >= 0.3 is 5.97 Å². The molecule has 2 aliphatic heterocycles. The maximum Gasteiger partial charge on any atom is 0.307 e. The minimum atomic E-state index is -0.896. The molecule has 1 aromatic heterocycles. The lowest BCUT2D eigenvalue weighted by Gasteiger charge is -2.43. The van der Waals surface area contributed by atoms with E-state index in [4.69, 9.17) is 4.74 Å². The van der Waals surface area contributed by atoms with Gasteiger partial charge in [-0.3, -0.25) is 14.4 Å². The smallest absolute Gasteiger partial charge is 0.307 e. The van der Waals surface area contributed by atoms with Gasteiger partial charge in [0, 0.05) is 47.2 Å². The summed E-state index contributed by atoms with van der Waals surface area (Å²) < 4.78 is 7.25. The lowest BCUT2D eigenvalue weighted by Crippen LogP contribution is -2.50. The molecular weight excluding hydrogens is 558 g/mol. The third kappa shape index (κ3) is 5.41. The molecule has 8 nitrogen and oxygen atoms in total. The molecule has 37 heavy (non-hydrogen) atoms. The second-order valence-electron chi connectivity index (χ2n) is 10.2. The average Bonchev–Trinajstić information content (AvgIpc) is 3.50. The Morgan fingerprint density at radius 2 is 1.95 bits per heavy atom. The fraction of sp³-hybridized carbons (Fsp3) is 0.556. The number of benzene rings is 1. The van der Waals surface area contributed by atoms with Crippen LogP contribution in [0.4, 0.5) is 0 Å². The zero-order valence-corrected chi connectivity index (χ0v) is 23.4. The molecule has 0 radical (unpaired) electrons. The Bertz CT molecular complexity index is 1200. The Morgan fingerprint density at radius 3 is 2.62 bits per heavy atom. The number of hydrogen-bond acceptors (Lipinski definition) is 6. The van der Waals surface area contributed by atoms with E-state index in [0.717, 1.165) is 44.7 Å². The minimum absolute atomic E-state index is 0.0938. The highest BCUT2D eigenvalue weighted by Gasteiger charge is 2.43. The normalized spacial score (nSPS) is 23.7. The van der Waals surface area contributed by atoms with Crippen molar-refractivity contribution in [1.82, 2.24) is 14.8 Å². The number of amides is 2. The molecule has 198 valence electrons. The number of aliphatic carboxylic acids is 1. The van der Waals surface area contributed by atoms with Crippen LogP contribution in [0.1, 0.15) is 65.6 Å². The third-order valence-electron chi connectivity index (χ3n) is 7.84. The maximum absolute atomic E-state index is 14.0. The largest absolute Gasteiger partial charge is 0.486 e. The fourth-order valence-electron chi connectivity index (χ4n) is 6.01. The number of carbonyl (C=O) groups is 3. The predicted octanol–water partition coefficient (Wildman–Crippen LogP) is 4.73. The lowest BCUT2D eigenvalue weighted by atomic mass is 9.77. The second kappa shape index (κ2) is 11.1. The van der Waals surface area contributed by atoms with Crippen molar-refractivity contribution in [2.75, 3.05) is 19.6 Å². The van der Waals surface area contributed by atoms with Gasteiger partial charge in [-0.05, 0) is 50.3 Å². The molecule has 2 amide bonds. The van der Waals surface area contributed by atoms with Crippen LogP contribution in [0.3, 0.4) is 0 Å². The number of carboxylic acids is 1. The van der Waals surface area contributed by atoms with E-state index in [1.54, 1.807) is 11.3 Å². The summed E-state index contributed by atoms with van der Waals surface area (Å²) in [4.78, 5) is 47.9. The molecule has 3 atom stereocenters. The number of carbonyl (C=O) groups excluding carboxylic acids is 2. The number of ether oxygens (including phenoxy) is 1. The maximum atomic E-state index is 14.0. The summed E-state index contributed by atoms with van der Waals surface area (Å²) in [5, 5.41) is 10.7. The summed E-state index contributed by atoms with van der Waals surface area (Å²) in [6.07, 6.45) is 6.57. The molecule has 1 saturated heterocycles. The number of carboxylic acid groups (broad SMARTS) is 1. The topological polar surface area (TPSA) is 100 Å². The molecule has 10 heteroatoms. The molecule has 0 bridgehead atoms. The number of aryl methyl sites for hydroxylation is 1. The Kier molecular flexibility index (Phi) is 7.85. The molecular formula is C27H32BrN3O5S. The number of likely N-dealkylation sites (tertiary alicyclic amines) is 1. The SMILES string of the molecule is Cc1cnc(COc2ccc(Br)c3c2[C@@H](CN2CCCC2=O)N(C(=O)C2CCCCC2C(=O)O)CC3)s1. The van der Waals surface area contributed by atoms with Gasteiger partial charge in [0.15, 0.2) is 0 Å². The van der Waals surface area contributed by atoms with E-state index in [9.17, 15) is 19.5 Å². The molecule has 0 spiro atoms. The van der Waals surface area contributed by atoms with Crippen molar-refractivity contribution in [3.63, 3.8) is 0 Å². The van der Waals surface area contributed by atoms with Crippen molar-refractivity contribution in [2.45, 2.75) is 64.5 Å². The van der Waals surface area contributed by atoms with Gasteiger partial charge in [-0.15, -0.1) is 11.3 Å². The van der Waals surface area contributed by atoms with E-state index >= 15 is 0 Å². The third-order valence-corrected chi connectivity index (χ3v) is 9.47. The van der Waals surface area contributed by atoms with Gasteiger partial charge < -0.3 is 19.6 Å². The van der Waals surface area contributed by atoms with E-state index in [1.807, 2.05) is 35.1 Å². The Labute approximate surface area is 229 Å². The van der Waals surface area contributed by atoms with E-state index in [2.05, 4.69) is 20.9 Å². The van der Waals surface area contributed by atoms with Crippen LogP contribution in [0.25, 0.3) is 0 Å². The van der Waals surface area contributed by atoms with Gasteiger partial charge in [0.05, 0.1) is 17.9 Å². The van der Waals surface area contributed by atoms with Crippen molar-refractivity contribution >= 4 is 45.1 Å². The molecule has 1 saturated carbocycles. The summed E-state index contributed by atoms with van der Waals surface area (Å²) in [6, 6.07) is 3.48. The fourth-order valence-corrected chi connectivity index (χ4v) is 7.25. The molecule has 3 heterocycles. The molecule has 2 fully saturated rings. The van der Waals surface area contributed by atoms with Gasteiger partial charge in [-0.25, -0.2) is 4.98 Å². The first-order valence-electron chi connectivity index (χ1n) is 13.0. The average molecular weight is 591 g/mol. The molecule has 5 rings (SSSR count). The monoisotopic (exact) mass is 589 g/mol. The molecule has 1 aliphatic carbocycles. The second-order valence-corrected chi connectivity index (χ2v) is 12.3. The highest BCUT2D eigenvalue weighted by Crippen LogP contribution is 2.43. The summed E-state index contributed by atoms with van der Waals surface area (Å²) in [5.41, 5.74) is 1.98. The molecule has 2 unspecified atom stereocenters. The zero-order valence-electron chi connectivity index (χ0n) is 21.0. The van der Waals surface area contributed by atoms with Crippen LogP contribution in [0.2, 0.25) is 0 Å².